The van der Waals surface area contributed by atoms with Gasteiger partial charge in [0.05, 0.1) is 7.11 Å². The summed E-state index contributed by atoms with van der Waals surface area (Å²) in [6.45, 7) is 5.65. The summed E-state index contributed by atoms with van der Waals surface area (Å²) in [6.07, 6.45) is 4.24. The number of nitrogens with zero attached hydrogens (tertiary/aromatic N) is 3. The Kier molecular flexibility index (Phi) is 5.31. The summed E-state index contributed by atoms with van der Waals surface area (Å²) < 4.78 is 5.05. The molecule has 0 bridgehead atoms. The minimum Gasteiger partial charge on any atom is -0.481 e. The standard InChI is InChI=1S/C15H21N5O/c1-4-12-14(16-5-2)19-10-20-15(12)18-9-11-6-7-13(21-3)17-8-11/h6-8,10H,4-5,9H2,1-3H3,(H2,16,18,19,20). The highest BCUT2D eigenvalue weighted by atomic mass is 16.5. The molecule has 0 unspecified atom stereocenters. The molecule has 0 aliphatic rings. The number of methoxy groups -OCH3 is 1. The molecular formula is C15H21N5O. The second-order valence-corrected chi connectivity index (χ2v) is 4.50. The summed E-state index contributed by atoms with van der Waals surface area (Å²) in [5, 5.41) is 6.61. The zero-order valence-corrected chi connectivity index (χ0v) is 12.7. The van der Waals surface area contributed by atoms with E-state index < -0.39 is 0 Å². The van der Waals surface area contributed by atoms with Gasteiger partial charge in [-0.1, -0.05) is 13.0 Å². The van der Waals surface area contributed by atoms with E-state index in [0.29, 0.717) is 12.4 Å². The summed E-state index contributed by atoms with van der Waals surface area (Å²) in [7, 11) is 1.61. The van der Waals surface area contributed by atoms with E-state index in [4.69, 9.17) is 4.74 Å². The molecule has 6 nitrogen and oxygen atoms in total. The molecule has 0 aliphatic carbocycles. The first kappa shape index (κ1) is 15.0. The minimum absolute atomic E-state index is 0.615. The molecule has 0 saturated carbocycles. The van der Waals surface area contributed by atoms with E-state index in [2.05, 4.69) is 39.4 Å². The van der Waals surface area contributed by atoms with Crippen LogP contribution in [-0.2, 0) is 13.0 Å². The number of nitrogens with one attached hydrogen (secondary N) is 2. The minimum atomic E-state index is 0.615. The second kappa shape index (κ2) is 7.42. The fourth-order valence-corrected chi connectivity index (χ4v) is 2.04. The van der Waals surface area contributed by atoms with Crippen LogP contribution in [0.2, 0.25) is 0 Å². The molecule has 112 valence electrons. The van der Waals surface area contributed by atoms with E-state index in [-0.39, 0.29) is 0 Å². The molecule has 0 aromatic carbocycles. The zero-order valence-electron chi connectivity index (χ0n) is 12.7. The van der Waals surface area contributed by atoms with Crippen LogP contribution in [0, 0.1) is 0 Å². The molecule has 0 spiro atoms. The highest BCUT2D eigenvalue weighted by Crippen LogP contribution is 2.21. The number of anilines is 2. The van der Waals surface area contributed by atoms with Crippen LogP contribution in [0.1, 0.15) is 25.0 Å². The fraction of sp³-hybridized carbons (Fsp3) is 0.400. The van der Waals surface area contributed by atoms with Crippen molar-refractivity contribution >= 4 is 11.6 Å². The summed E-state index contributed by atoms with van der Waals surface area (Å²) in [5.41, 5.74) is 2.17. The average molecular weight is 287 g/mol. The molecular weight excluding hydrogens is 266 g/mol. The van der Waals surface area contributed by atoms with Gasteiger partial charge in [-0.25, -0.2) is 15.0 Å². The number of rotatable bonds is 7. The third kappa shape index (κ3) is 3.81. The molecule has 0 radical (unpaired) electrons. The second-order valence-electron chi connectivity index (χ2n) is 4.50. The first-order chi connectivity index (χ1) is 10.3. The third-order valence-electron chi connectivity index (χ3n) is 3.11. The summed E-state index contributed by atoms with van der Waals surface area (Å²) in [4.78, 5) is 12.8. The lowest BCUT2D eigenvalue weighted by atomic mass is 10.2. The Balaban J connectivity index is 2.09. The van der Waals surface area contributed by atoms with Crippen LogP contribution in [0.4, 0.5) is 11.6 Å². The Morgan fingerprint density at radius 2 is 1.81 bits per heavy atom. The SMILES string of the molecule is CCNc1ncnc(NCc2ccc(OC)nc2)c1CC. The number of aromatic nitrogens is 3. The Labute approximate surface area is 125 Å². The van der Waals surface area contributed by atoms with Crippen LogP contribution in [0.3, 0.4) is 0 Å². The largest absolute Gasteiger partial charge is 0.481 e. The van der Waals surface area contributed by atoms with Crippen molar-refractivity contribution in [2.45, 2.75) is 26.8 Å². The summed E-state index contributed by atoms with van der Waals surface area (Å²) in [6, 6.07) is 3.83. The van der Waals surface area contributed by atoms with Gasteiger partial charge in [-0.15, -0.1) is 0 Å². The lowest BCUT2D eigenvalue weighted by molar-refractivity contribution is 0.397. The van der Waals surface area contributed by atoms with Crippen LogP contribution < -0.4 is 15.4 Å². The Bertz CT molecular complexity index is 571. The van der Waals surface area contributed by atoms with Crippen molar-refractivity contribution in [3.63, 3.8) is 0 Å². The first-order valence-corrected chi connectivity index (χ1v) is 7.09. The van der Waals surface area contributed by atoms with Crippen molar-refractivity contribution < 1.29 is 4.74 Å². The monoisotopic (exact) mass is 287 g/mol. The van der Waals surface area contributed by atoms with E-state index in [9.17, 15) is 0 Å². The molecule has 2 N–H and O–H groups in total. The maximum atomic E-state index is 5.05. The van der Waals surface area contributed by atoms with E-state index in [1.807, 2.05) is 12.1 Å². The van der Waals surface area contributed by atoms with E-state index in [0.717, 1.165) is 35.7 Å². The molecule has 2 aromatic rings. The van der Waals surface area contributed by atoms with Gasteiger partial charge in [0.2, 0.25) is 5.88 Å². The maximum absolute atomic E-state index is 5.05. The number of pyridine rings is 1. The highest BCUT2D eigenvalue weighted by Gasteiger charge is 2.08. The van der Waals surface area contributed by atoms with Crippen LogP contribution in [0.15, 0.2) is 24.7 Å². The fourth-order valence-electron chi connectivity index (χ4n) is 2.04. The molecule has 0 fully saturated rings. The van der Waals surface area contributed by atoms with Gasteiger partial charge in [0.15, 0.2) is 0 Å². The average Bonchev–Trinajstić information content (AvgIpc) is 2.54. The summed E-state index contributed by atoms with van der Waals surface area (Å²) in [5.74, 6) is 2.37. The molecule has 0 atom stereocenters. The van der Waals surface area contributed by atoms with E-state index >= 15 is 0 Å². The van der Waals surface area contributed by atoms with Gasteiger partial charge in [-0.2, -0.15) is 0 Å². The highest BCUT2D eigenvalue weighted by molar-refractivity contribution is 5.57. The van der Waals surface area contributed by atoms with E-state index in [1.54, 1.807) is 19.6 Å². The Hall–Kier alpha value is -2.37. The molecule has 0 aliphatic heterocycles. The Morgan fingerprint density at radius 3 is 2.38 bits per heavy atom. The van der Waals surface area contributed by atoms with E-state index in [1.165, 1.54) is 0 Å². The molecule has 6 heteroatoms. The molecule has 2 aromatic heterocycles. The Morgan fingerprint density at radius 1 is 1.05 bits per heavy atom. The number of hydrogen-bond donors (Lipinski definition) is 2. The predicted molar refractivity (Wildman–Crippen MR) is 83.7 cm³/mol. The predicted octanol–water partition coefficient (Wildman–Crippen LogP) is 2.49. The lowest BCUT2D eigenvalue weighted by Gasteiger charge is -2.13. The van der Waals surface area contributed by atoms with Gasteiger partial charge in [0.1, 0.15) is 18.0 Å². The van der Waals surface area contributed by atoms with Crippen molar-refractivity contribution in [1.82, 2.24) is 15.0 Å². The first-order valence-electron chi connectivity index (χ1n) is 7.09. The van der Waals surface area contributed by atoms with Gasteiger partial charge in [0, 0.05) is 30.9 Å². The van der Waals surface area contributed by atoms with Gasteiger partial charge in [-0.3, -0.25) is 0 Å². The zero-order chi connectivity index (χ0) is 15.1. The smallest absolute Gasteiger partial charge is 0.212 e. The molecule has 0 amide bonds. The topological polar surface area (TPSA) is 72.0 Å². The molecule has 0 saturated heterocycles. The lowest BCUT2D eigenvalue weighted by Crippen LogP contribution is -2.09. The maximum Gasteiger partial charge on any atom is 0.212 e. The van der Waals surface area contributed by atoms with Crippen LogP contribution in [0.5, 0.6) is 5.88 Å². The van der Waals surface area contributed by atoms with Crippen LogP contribution >= 0.6 is 0 Å². The quantitative estimate of drug-likeness (QED) is 0.815. The van der Waals surface area contributed by atoms with Crippen molar-refractivity contribution in [3.05, 3.63) is 35.8 Å². The number of hydrogen-bond acceptors (Lipinski definition) is 6. The molecule has 2 heterocycles. The van der Waals surface area contributed by atoms with Crippen LogP contribution in [0.25, 0.3) is 0 Å². The van der Waals surface area contributed by atoms with Crippen molar-refractivity contribution in [2.75, 3.05) is 24.3 Å². The van der Waals surface area contributed by atoms with Gasteiger partial charge < -0.3 is 15.4 Å². The summed E-state index contributed by atoms with van der Waals surface area (Å²) >= 11 is 0. The van der Waals surface area contributed by atoms with Crippen molar-refractivity contribution in [3.8, 4) is 5.88 Å². The third-order valence-corrected chi connectivity index (χ3v) is 3.11. The van der Waals surface area contributed by atoms with Crippen molar-refractivity contribution in [1.29, 1.82) is 0 Å². The molecule has 2 rings (SSSR count). The van der Waals surface area contributed by atoms with Gasteiger partial charge in [0.25, 0.3) is 0 Å². The molecule has 21 heavy (non-hydrogen) atoms. The van der Waals surface area contributed by atoms with Crippen LogP contribution in [-0.4, -0.2) is 28.6 Å². The van der Waals surface area contributed by atoms with Crippen molar-refractivity contribution in [2.24, 2.45) is 0 Å². The number of ether oxygens (including phenoxy) is 1. The normalized spacial score (nSPS) is 10.2. The van der Waals surface area contributed by atoms with Gasteiger partial charge in [-0.05, 0) is 18.9 Å². The van der Waals surface area contributed by atoms with Gasteiger partial charge >= 0.3 is 0 Å².